The summed E-state index contributed by atoms with van der Waals surface area (Å²) in [6.07, 6.45) is 5.89. The van der Waals surface area contributed by atoms with Crippen LogP contribution in [0.1, 0.15) is 24.8 Å². The molecule has 0 saturated carbocycles. The molecule has 0 aliphatic carbocycles. The molecule has 3 rings (SSSR count). The lowest BCUT2D eigenvalue weighted by molar-refractivity contribution is 0.337. The molecule has 0 amide bonds. The van der Waals surface area contributed by atoms with Crippen LogP contribution in [0, 0.1) is 0 Å². The van der Waals surface area contributed by atoms with Gasteiger partial charge in [0.2, 0.25) is 0 Å². The summed E-state index contributed by atoms with van der Waals surface area (Å²) in [5.74, 6) is 0. The van der Waals surface area contributed by atoms with E-state index >= 15 is 0 Å². The lowest BCUT2D eigenvalue weighted by atomic mass is 10.1. The standard InChI is InChI=1S/C18H27N5/c1-22(12-9-19)14-16-13-20-21-18(16)15-5-7-17(8-6-15)23-10-3-2-4-11-23/h5-8,13H,2-4,9-12,14,19H2,1H3,(H,20,21). The van der Waals surface area contributed by atoms with Gasteiger partial charge in [-0.25, -0.2) is 0 Å². The fourth-order valence-electron chi connectivity index (χ4n) is 3.26. The number of piperidine rings is 1. The molecule has 1 fully saturated rings. The Hall–Kier alpha value is -1.85. The van der Waals surface area contributed by atoms with Crippen LogP contribution in [0.5, 0.6) is 0 Å². The molecule has 0 radical (unpaired) electrons. The van der Waals surface area contributed by atoms with E-state index in [1.54, 1.807) is 0 Å². The second-order valence-corrected chi connectivity index (χ2v) is 6.39. The van der Waals surface area contributed by atoms with Crippen molar-refractivity contribution in [3.63, 3.8) is 0 Å². The van der Waals surface area contributed by atoms with Crippen molar-refractivity contribution >= 4 is 5.69 Å². The zero-order chi connectivity index (χ0) is 16.1. The van der Waals surface area contributed by atoms with Crippen LogP contribution in [0.25, 0.3) is 11.3 Å². The maximum atomic E-state index is 5.63. The van der Waals surface area contributed by atoms with Gasteiger partial charge in [0.05, 0.1) is 11.9 Å². The number of aromatic amines is 1. The minimum Gasteiger partial charge on any atom is -0.372 e. The van der Waals surface area contributed by atoms with E-state index < -0.39 is 0 Å². The van der Waals surface area contributed by atoms with Crippen LogP contribution in [0.15, 0.2) is 30.5 Å². The topological polar surface area (TPSA) is 61.2 Å². The van der Waals surface area contributed by atoms with Crippen LogP contribution in [-0.2, 0) is 6.54 Å². The van der Waals surface area contributed by atoms with Crippen LogP contribution in [0.2, 0.25) is 0 Å². The summed E-state index contributed by atoms with van der Waals surface area (Å²) in [6.45, 7) is 4.78. The van der Waals surface area contributed by atoms with E-state index in [4.69, 9.17) is 5.73 Å². The summed E-state index contributed by atoms with van der Waals surface area (Å²) in [4.78, 5) is 4.70. The Morgan fingerprint density at radius 3 is 2.61 bits per heavy atom. The highest BCUT2D eigenvalue weighted by Crippen LogP contribution is 2.26. The van der Waals surface area contributed by atoms with Crippen LogP contribution in [-0.4, -0.2) is 48.3 Å². The third-order valence-electron chi connectivity index (χ3n) is 4.55. The molecule has 1 aromatic heterocycles. The summed E-state index contributed by atoms with van der Waals surface area (Å²) >= 11 is 0. The van der Waals surface area contributed by atoms with Gasteiger partial charge in [-0.05, 0) is 38.4 Å². The predicted molar refractivity (Wildman–Crippen MR) is 95.5 cm³/mol. The van der Waals surface area contributed by atoms with Crippen molar-refractivity contribution in [3.8, 4) is 11.3 Å². The first kappa shape index (κ1) is 16.0. The second kappa shape index (κ2) is 7.62. The van der Waals surface area contributed by atoms with E-state index in [1.807, 2.05) is 6.20 Å². The first-order valence-electron chi connectivity index (χ1n) is 8.54. The lowest BCUT2D eigenvalue weighted by Gasteiger charge is -2.28. The molecule has 2 aromatic rings. The molecule has 124 valence electrons. The maximum absolute atomic E-state index is 5.63. The van der Waals surface area contributed by atoms with Crippen LogP contribution >= 0.6 is 0 Å². The first-order valence-corrected chi connectivity index (χ1v) is 8.54. The van der Waals surface area contributed by atoms with Crippen molar-refractivity contribution in [2.24, 2.45) is 5.73 Å². The van der Waals surface area contributed by atoms with Crippen molar-refractivity contribution < 1.29 is 0 Å². The van der Waals surface area contributed by atoms with Gasteiger partial charge >= 0.3 is 0 Å². The number of nitrogens with zero attached hydrogens (tertiary/aromatic N) is 3. The van der Waals surface area contributed by atoms with Gasteiger partial charge in [0, 0.05) is 49.5 Å². The van der Waals surface area contributed by atoms with E-state index in [-0.39, 0.29) is 0 Å². The number of H-pyrrole nitrogens is 1. The highest BCUT2D eigenvalue weighted by molar-refractivity contribution is 5.65. The molecular formula is C18H27N5. The fraction of sp³-hybridized carbons (Fsp3) is 0.500. The van der Waals surface area contributed by atoms with Crippen molar-refractivity contribution in [1.29, 1.82) is 0 Å². The smallest absolute Gasteiger partial charge is 0.0695 e. The van der Waals surface area contributed by atoms with Gasteiger partial charge in [-0.1, -0.05) is 12.1 Å². The number of hydrogen-bond donors (Lipinski definition) is 2. The number of anilines is 1. The Balaban J connectivity index is 1.73. The molecule has 1 saturated heterocycles. The van der Waals surface area contributed by atoms with Gasteiger partial charge in [-0.15, -0.1) is 0 Å². The molecule has 0 spiro atoms. The number of nitrogens with two attached hydrogens (primary N) is 1. The number of rotatable bonds is 6. The van der Waals surface area contributed by atoms with Crippen LogP contribution < -0.4 is 10.6 Å². The monoisotopic (exact) mass is 313 g/mol. The van der Waals surface area contributed by atoms with E-state index in [2.05, 4.69) is 51.3 Å². The summed E-state index contributed by atoms with van der Waals surface area (Å²) in [7, 11) is 2.09. The molecule has 1 aromatic carbocycles. The van der Waals surface area contributed by atoms with Crippen molar-refractivity contribution in [2.45, 2.75) is 25.8 Å². The number of benzene rings is 1. The average Bonchev–Trinajstić information content (AvgIpc) is 3.04. The van der Waals surface area contributed by atoms with Gasteiger partial charge in [0.25, 0.3) is 0 Å². The average molecular weight is 313 g/mol. The minimum atomic E-state index is 0.675. The van der Waals surface area contributed by atoms with Crippen LogP contribution in [0.3, 0.4) is 0 Å². The summed E-state index contributed by atoms with van der Waals surface area (Å²) < 4.78 is 0. The molecule has 2 heterocycles. The van der Waals surface area contributed by atoms with E-state index in [9.17, 15) is 0 Å². The largest absolute Gasteiger partial charge is 0.372 e. The third-order valence-corrected chi connectivity index (χ3v) is 4.55. The minimum absolute atomic E-state index is 0.675. The first-order chi connectivity index (χ1) is 11.3. The van der Waals surface area contributed by atoms with E-state index in [0.29, 0.717) is 6.54 Å². The Morgan fingerprint density at radius 1 is 1.17 bits per heavy atom. The zero-order valence-corrected chi connectivity index (χ0v) is 14.0. The molecule has 0 atom stereocenters. The molecular weight excluding hydrogens is 286 g/mol. The van der Waals surface area contributed by atoms with Crippen LogP contribution in [0.4, 0.5) is 5.69 Å². The predicted octanol–water partition coefficient (Wildman–Crippen LogP) is 2.46. The number of likely N-dealkylation sites (N-methyl/N-ethyl adjacent to an activating group) is 1. The highest BCUT2D eigenvalue weighted by Gasteiger charge is 2.13. The number of hydrogen-bond acceptors (Lipinski definition) is 4. The van der Waals surface area contributed by atoms with E-state index in [1.165, 1.54) is 49.2 Å². The lowest BCUT2D eigenvalue weighted by Crippen LogP contribution is -2.29. The Kier molecular flexibility index (Phi) is 5.31. The highest BCUT2D eigenvalue weighted by atomic mass is 15.1. The van der Waals surface area contributed by atoms with Gasteiger partial charge < -0.3 is 15.5 Å². The molecule has 3 N–H and O–H groups in total. The van der Waals surface area contributed by atoms with Gasteiger partial charge in [-0.2, -0.15) is 5.10 Å². The fourth-order valence-corrected chi connectivity index (χ4v) is 3.26. The molecule has 5 nitrogen and oxygen atoms in total. The molecule has 1 aliphatic heterocycles. The van der Waals surface area contributed by atoms with Crippen molar-refractivity contribution in [3.05, 3.63) is 36.0 Å². The Labute approximate surface area is 138 Å². The van der Waals surface area contributed by atoms with Crippen molar-refractivity contribution in [2.75, 3.05) is 38.1 Å². The van der Waals surface area contributed by atoms with E-state index in [0.717, 1.165) is 18.8 Å². The van der Waals surface area contributed by atoms with Gasteiger partial charge in [0.15, 0.2) is 0 Å². The van der Waals surface area contributed by atoms with Gasteiger partial charge in [0.1, 0.15) is 0 Å². The van der Waals surface area contributed by atoms with Gasteiger partial charge in [-0.3, -0.25) is 5.10 Å². The SMILES string of the molecule is CN(CCN)Cc1cn[nH]c1-c1ccc(N2CCCCC2)cc1. The Bertz CT molecular complexity index is 598. The van der Waals surface area contributed by atoms with Crippen molar-refractivity contribution in [1.82, 2.24) is 15.1 Å². The summed E-state index contributed by atoms with van der Waals surface area (Å²) in [5.41, 5.74) is 10.5. The molecule has 1 aliphatic rings. The maximum Gasteiger partial charge on any atom is 0.0695 e. The third kappa shape index (κ3) is 3.92. The number of aromatic nitrogens is 2. The zero-order valence-electron chi connectivity index (χ0n) is 14.0. The molecule has 5 heteroatoms. The quantitative estimate of drug-likeness (QED) is 0.860. The second-order valence-electron chi connectivity index (χ2n) is 6.39. The Morgan fingerprint density at radius 2 is 1.91 bits per heavy atom. The summed E-state index contributed by atoms with van der Waals surface area (Å²) in [6, 6.07) is 8.86. The molecule has 0 bridgehead atoms. The molecule has 0 unspecified atom stereocenters. The normalized spacial score (nSPS) is 15.3. The number of nitrogens with one attached hydrogen (secondary N) is 1. The summed E-state index contributed by atoms with van der Waals surface area (Å²) in [5, 5.41) is 7.38. The molecule has 23 heavy (non-hydrogen) atoms.